The van der Waals surface area contributed by atoms with Gasteiger partial charge in [-0.1, -0.05) is 0 Å². The number of aromatic nitrogens is 3. The number of halogens is 1. The van der Waals surface area contributed by atoms with E-state index in [0.717, 1.165) is 31.8 Å². The number of fused-ring (bicyclic) bond motifs is 1. The number of hydrogen-bond acceptors (Lipinski definition) is 3. The van der Waals surface area contributed by atoms with Crippen LogP contribution in [0.2, 0.25) is 5.28 Å². The first-order valence-corrected chi connectivity index (χ1v) is 4.46. The molecule has 0 bridgehead atoms. The first-order chi connectivity index (χ1) is 5.79. The van der Waals surface area contributed by atoms with Gasteiger partial charge in [0.25, 0.3) is 0 Å². The molecule has 0 spiro atoms. The third-order valence-corrected chi connectivity index (χ3v) is 2.44. The lowest BCUT2D eigenvalue weighted by Crippen LogP contribution is -2.25. The maximum Gasteiger partial charge on any atom is 0.242 e. The molecular formula is C7H11ClN4. The zero-order valence-electron chi connectivity index (χ0n) is 6.70. The monoisotopic (exact) mass is 186 g/mol. The van der Waals surface area contributed by atoms with Crippen molar-refractivity contribution in [2.45, 2.75) is 19.4 Å². The fourth-order valence-corrected chi connectivity index (χ4v) is 1.73. The van der Waals surface area contributed by atoms with Crippen LogP contribution >= 0.6 is 11.6 Å². The zero-order valence-corrected chi connectivity index (χ0v) is 7.46. The summed E-state index contributed by atoms with van der Waals surface area (Å²) in [6, 6.07) is 0. The first-order valence-electron chi connectivity index (χ1n) is 4.09. The maximum absolute atomic E-state index is 5.67. The van der Waals surface area contributed by atoms with Crippen molar-refractivity contribution in [3.63, 3.8) is 0 Å². The molecule has 0 radical (unpaired) electrons. The lowest BCUT2D eigenvalue weighted by Gasteiger charge is -2.19. The molecule has 66 valence electrons. The van der Waals surface area contributed by atoms with Gasteiger partial charge in [-0.25, -0.2) is 9.67 Å². The van der Waals surface area contributed by atoms with Crippen molar-refractivity contribution in [2.24, 2.45) is 11.7 Å². The molecule has 12 heavy (non-hydrogen) atoms. The summed E-state index contributed by atoms with van der Waals surface area (Å²) in [5.41, 5.74) is 5.58. The second-order valence-electron chi connectivity index (χ2n) is 3.11. The molecule has 1 aliphatic rings. The first kappa shape index (κ1) is 8.01. The second kappa shape index (κ2) is 3.03. The van der Waals surface area contributed by atoms with Crippen LogP contribution in [0.3, 0.4) is 0 Å². The Hall–Kier alpha value is -0.610. The van der Waals surface area contributed by atoms with Crippen LogP contribution in [0.5, 0.6) is 0 Å². The Kier molecular flexibility index (Phi) is 2.02. The van der Waals surface area contributed by atoms with Crippen molar-refractivity contribution in [1.82, 2.24) is 14.8 Å². The molecule has 1 atom stereocenters. The molecule has 2 N–H and O–H groups in total. The third kappa shape index (κ3) is 1.32. The van der Waals surface area contributed by atoms with Crippen LogP contribution in [0.25, 0.3) is 0 Å². The number of hydrogen-bond donors (Lipinski definition) is 1. The Labute approximate surface area is 75.7 Å². The van der Waals surface area contributed by atoms with Crippen molar-refractivity contribution in [3.8, 4) is 0 Å². The summed E-state index contributed by atoms with van der Waals surface area (Å²) >= 11 is 5.67. The molecule has 1 aliphatic heterocycles. The van der Waals surface area contributed by atoms with E-state index in [4.69, 9.17) is 17.3 Å². The van der Waals surface area contributed by atoms with E-state index in [1.54, 1.807) is 0 Å². The van der Waals surface area contributed by atoms with Gasteiger partial charge in [0.1, 0.15) is 5.82 Å². The summed E-state index contributed by atoms with van der Waals surface area (Å²) in [4.78, 5) is 4.11. The van der Waals surface area contributed by atoms with E-state index in [-0.39, 0.29) is 0 Å². The van der Waals surface area contributed by atoms with Gasteiger partial charge in [0.15, 0.2) is 0 Å². The van der Waals surface area contributed by atoms with Crippen molar-refractivity contribution in [1.29, 1.82) is 0 Å². The quantitative estimate of drug-likeness (QED) is 0.693. The highest BCUT2D eigenvalue weighted by molar-refractivity contribution is 6.28. The minimum atomic E-state index is 0.350. The Morgan fingerprint density at radius 3 is 3.25 bits per heavy atom. The lowest BCUT2D eigenvalue weighted by molar-refractivity contribution is 0.369. The summed E-state index contributed by atoms with van der Waals surface area (Å²) in [6.07, 6.45) is 2.00. The van der Waals surface area contributed by atoms with E-state index < -0.39 is 0 Å². The average molecular weight is 187 g/mol. The Bertz CT molecular complexity index is 283. The molecule has 0 fully saturated rings. The molecule has 0 aliphatic carbocycles. The summed E-state index contributed by atoms with van der Waals surface area (Å²) in [5.74, 6) is 1.53. The number of aryl methyl sites for hydroxylation is 1. The predicted octanol–water partition coefficient (Wildman–Crippen LogP) is 0.453. The molecule has 2 rings (SSSR count). The van der Waals surface area contributed by atoms with Crippen LogP contribution in [-0.4, -0.2) is 21.3 Å². The largest absolute Gasteiger partial charge is 0.330 e. The van der Waals surface area contributed by atoms with Gasteiger partial charge in [-0.15, -0.1) is 5.10 Å². The maximum atomic E-state index is 5.67. The molecule has 0 saturated heterocycles. The van der Waals surface area contributed by atoms with Crippen LogP contribution in [0.1, 0.15) is 12.2 Å². The van der Waals surface area contributed by atoms with Gasteiger partial charge in [0.05, 0.1) is 0 Å². The van der Waals surface area contributed by atoms with E-state index in [0.29, 0.717) is 11.2 Å². The summed E-state index contributed by atoms with van der Waals surface area (Å²) in [5, 5.41) is 4.40. The predicted molar refractivity (Wildman–Crippen MR) is 45.9 cm³/mol. The zero-order chi connectivity index (χ0) is 8.55. The third-order valence-electron chi connectivity index (χ3n) is 2.28. The highest BCUT2D eigenvalue weighted by Crippen LogP contribution is 2.18. The molecule has 0 saturated carbocycles. The van der Waals surface area contributed by atoms with Crippen molar-refractivity contribution >= 4 is 11.6 Å². The smallest absolute Gasteiger partial charge is 0.242 e. The highest BCUT2D eigenvalue weighted by Gasteiger charge is 2.19. The Morgan fingerprint density at radius 1 is 1.67 bits per heavy atom. The van der Waals surface area contributed by atoms with E-state index >= 15 is 0 Å². The molecule has 2 heterocycles. The summed E-state index contributed by atoms with van der Waals surface area (Å²) < 4.78 is 1.87. The highest BCUT2D eigenvalue weighted by atomic mass is 35.5. The van der Waals surface area contributed by atoms with Gasteiger partial charge in [-0.3, -0.25) is 0 Å². The van der Waals surface area contributed by atoms with Gasteiger partial charge in [-0.2, -0.15) is 0 Å². The van der Waals surface area contributed by atoms with Gasteiger partial charge in [-0.05, 0) is 30.5 Å². The minimum Gasteiger partial charge on any atom is -0.330 e. The topological polar surface area (TPSA) is 56.7 Å². The summed E-state index contributed by atoms with van der Waals surface area (Å²) in [6.45, 7) is 1.63. The van der Waals surface area contributed by atoms with E-state index in [9.17, 15) is 0 Å². The van der Waals surface area contributed by atoms with Crippen molar-refractivity contribution in [3.05, 3.63) is 11.1 Å². The standard InChI is InChI=1S/C7H11ClN4/c8-7-10-6-3-5(4-9)1-2-12(6)11-7/h5H,1-4,9H2. The molecule has 1 aromatic rings. The SMILES string of the molecule is NCC1CCn2nc(Cl)nc2C1. The van der Waals surface area contributed by atoms with Crippen LogP contribution in [0.4, 0.5) is 0 Å². The molecule has 1 unspecified atom stereocenters. The molecule has 0 amide bonds. The Balaban J connectivity index is 2.22. The van der Waals surface area contributed by atoms with Crippen LogP contribution < -0.4 is 5.73 Å². The fourth-order valence-electron chi connectivity index (χ4n) is 1.54. The van der Waals surface area contributed by atoms with E-state index in [2.05, 4.69) is 10.1 Å². The van der Waals surface area contributed by atoms with Gasteiger partial charge >= 0.3 is 0 Å². The summed E-state index contributed by atoms with van der Waals surface area (Å²) in [7, 11) is 0. The minimum absolute atomic E-state index is 0.350. The van der Waals surface area contributed by atoms with Gasteiger partial charge in [0.2, 0.25) is 5.28 Å². The normalized spacial score (nSPS) is 22.3. The molecule has 1 aromatic heterocycles. The fraction of sp³-hybridized carbons (Fsp3) is 0.714. The molecule has 4 nitrogen and oxygen atoms in total. The number of nitrogens with zero attached hydrogens (tertiary/aromatic N) is 3. The molecule has 0 aromatic carbocycles. The Morgan fingerprint density at radius 2 is 2.50 bits per heavy atom. The van der Waals surface area contributed by atoms with Crippen molar-refractivity contribution < 1.29 is 0 Å². The van der Waals surface area contributed by atoms with Crippen LogP contribution in [-0.2, 0) is 13.0 Å². The van der Waals surface area contributed by atoms with Gasteiger partial charge < -0.3 is 5.73 Å². The second-order valence-corrected chi connectivity index (χ2v) is 3.45. The van der Waals surface area contributed by atoms with Crippen LogP contribution in [0.15, 0.2) is 0 Å². The van der Waals surface area contributed by atoms with Crippen molar-refractivity contribution in [2.75, 3.05) is 6.54 Å². The number of rotatable bonds is 1. The van der Waals surface area contributed by atoms with E-state index in [1.807, 2.05) is 4.68 Å². The number of nitrogens with two attached hydrogens (primary N) is 1. The van der Waals surface area contributed by atoms with Crippen LogP contribution in [0, 0.1) is 5.92 Å². The van der Waals surface area contributed by atoms with E-state index in [1.165, 1.54) is 0 Å². The van der Waals surface area contributed by atoms with Gasteiger partial charge in [0, 0.05) is 13.0 Å². The lowest BCUT2D eigenvalue weighted by atomic mass is 9.99. The molecular weight excluding hydrogens is 176 g/mol. The molecule has 5 heteroatoms. The average Bonchev–Trinajstić information content (AvgIpc) is 2.43.